The fourth-order valence-corrected chi connectivity index (χ4v) is 4.54. The highest BCUT2D eigenvalue weighted by Crippen LogP contribution is 2.27. The van der Waals surface area contributed by atoms with Crippen LogP contribution in [-0.2, 0) is 16.0 Å². The Labute approximate surface area is 201 Å². The molecule has 0 aliphatic carbocycles. The second kappa shape index (κ2) is 10.3. The highest BCUT2D eigenvalue weighted by molar-refractivity contribution is 7.17. The van der Waals surface area contributed by atoms with Crippen molar-refractivity contribution in [3.05, 3.63) is 88.9 Å². The van der Waals surface area contributed by atoms with Gasteiger partial charge < -0.3 is 5.32 Å². The zero-order chi connectivity index (χ0) is 24.1. The first-order valence-corrected chi connectivity index (χ1v) is 11.6. The first kappa shape index (κ1) is 23.1. The average molecular weight is 473 g/mol. The fraction of sp³-hybridized carbons (Fsp3) is 0.154. The summed E-state index contributed by atoms with van der Waals surface area (Å²) in [6.45, 7) is 3.31. The molecule has 1 heterocycles. The van der Waals surface area contributed by atoms with Crippen LogP contribution in [0.4, 0.5) is 0 Å². The summed E-state index contributed by atoms with van der Waals surface area (Å²) in [6.07, 6.45) is 0.146. The minimum atomic E-state index is -0.829. The Morgan fingerprint density at radius 1 is 0.912 bits per heavy atom. The molecule has 0 saturated heterocycles. The Morgan fingerprint density at radius 3 is 2.41 bits per heavy atom. The maximum absolute atomic E-state index is 12.6. The van der Waals surface area contributed by atoms with Crippen molar-refractivity contribution in [2.45, 2.75) is 26.3 Å². The van der Waals surface area contributed by atoms with E-state index in [1.807, 2.05) is 72.8 Å². The van der Waals surface area contributed by atoms with Gasteiger partial charge in [-0.3, -0.25) is 25.2 Å². The molecule has 34 heavy (non-hydrogen) atoms. The van der Waals surface area contributed by atoms with Crippen LogP contribution in [0.3, 0.4) is 0 Å². The molecule has 4 rings (SSSR count). The van der Waals surface area contributed by atoms with Crippen molar-refractivity contribution in [2.75, 3.05) is 0 Å². The Kier molecular flexibility index (Phi) is 6.98. The van der Waals surface area contributed by atoms with Gasteiger partial charge in [-0.05, 0) is 30.2 Å². The van der Waals surface area contributed by atoms with Crippen LogP contribution in [0, 0.1) is 6.92 Å². The second-order valence-corrected chi connectivity index (χ2v) is 8.85. The van der Waals surface area contributed by atoms with Gasteiger partial charge in [-0.2, -0.15) is 0 Å². The van der Waals surface area contributed by atoms with Crippen molar-refractivity contribution in [3.8, 4) is 10.6 Å². The number of rotatable bonds is 6. The Morgan fingerprint density at radius 2 is 1.62 bits per heavy atom. The van der Waals surface area contributed by atoms with Crippen LogP contribution in [0.15, 0.2) is 72.8 Å². The van der Waals surface area contributed by atoms with Crippen molar-refractivity contribution in [1.82, 2.24) is 21.2 Å². The van der Waals surface area contributed by atoms with Crippen molar-refractivity contribution in [3.63, 3.8) is 0 Å². The average Bonchev–Trinajstić information content (AvgIpc) is 3.24. The van der Waals surface area contributed by atoms with Crippen molar-refractivity contribution in [1.29, 1.82) is 0 Å². The zero-order valence-electron chi connectivity index (χ0n) is 18.8. The van der Waals surface area contributed by atoms with Crippen molar-refractivity contribution >= 4 is 39.8 Å². The molecule has 7 nitrogen and oxygen atoms in total. The van der Waals surface area contributed by atoms with E-state index in [-0.39, 0.29) is 12.3 Å². The number of nitrogens with zero attached hydrogens (tertiary/aromatic N) is 1. The normalized spacial score (nSPS) is 11.6. The van der Waals surface area contributed by atoms with Gasteiger partial charge in [0.05, 0.1) is 12.1 Å². The van der Waals surface area contributed by atoms with Crippen LogP contribution in [0.25, 0.3) is 21.3 Å². The molecule has 3 amide bonds. The molecule has 0 aliphatic heterocycles. The molecule has 1 atom stereocenters. The van der Waals surface area contributed by atoms with Gasteiger partial charge in [0.15, 0.2) is 0 Å². The number of amides is 3. The number of aryl methyl sites for hydroxylation is 1. The molecule has 8 heteroatoms. The molecule has 0 fully saturated rings. The smallest absolute Gasteiger partial charge is 0.281 e. The molecule has 1 aromatic heterocycles. The van der Waals surface area contributed by atoms with E-state index in [4.69, 9.17) is 0 Å². The lowest BCUT2D eigenvalue weighted by molar-refractivity contribution is -0.128. The predicted molar refractivity (Wildman–Crippen MR) is 133 cm³/mol. The third kappa shape index (κ3) is 5.29. The molecule has 4 aromatic rings. The lowest BCUT2D eigenvalue weighted by atomic mass is 10.0. The number of nitrogens with one attached hydrogen (secondary N) is 3. The third-order valence-corrected chi connectivity index (χ3v) is 6.53. The minimum Gasteiger partial charge on any atom is -0.344 e. The largest absolute Gasteiger partial charge is 0.344 e. The molecular weight excluding hydrogens is 448 g/mol. The van der Waals surface area contributed by atoms with Crippen molar-refractivity contribution in [2.24, 2.45) is 0 Å². The molecule has 0 aliphatic rings. The Balaban J connectivity index is 1.32. The summed E-state index contributed by atoms with van der Waals surface area (Å²) < 4.78 is 0. The van der Waals surface area contributed by atoms with E-state index in [0.29, 0.717) is 10.6 Å². The van der Waals surface area contributed by atoms with Gasteiger partial charge in [0.25, 0.3) is 11.8 Å². The summed E-state index contributed by atoms with van der Waals surface area (Å²) in [5.41, 5.74) is 7.17. The lowest BCUT2D eigenvalue weighted by Crippen LogP contribution is -2.51. The Bertz CT molecular complexity index is 1350. The standard InChI is InChI=1S/C26H24N4O3S/c1-16-23(34-26(28-16)19-10-4-3-5-11-19)25(33)30-29-24(32)17(2)27-22(31)15-20-13-8-12-18-9-6-7-14-21(18)20/h3-14,17H,15H2,1-2H3,(H,27,31)(H,29,32)(H,30,33)/t17-/m1/s1. The van der Waals surface area contributed by atoms with Crippen LogP contribution in [0.1, 0.15) is 27.9 Å². The maximum atomic E-state index is 12.6. The first-order chi connectivity index (χ1) is 16.4. The molecule has 3 aromatic carbocycles. The Hall–Kier alpha value is -4.04. The molecule has 0 spiro atoms. The number of carbonyl (C=O) groups excluding carboxylic acids is 3. The number of hydrazine groups is 1. The molecule has 0 unspecified atom stereocenters. The van der Waals surface area contributed by atoms with Gasteiger partial charge in [0.1, 0.15) is 15.9 Å². The number of benzene rings is 3. The number of hydrogen-bond donors (Lipinski definition) is 3. The van der Waals surface area contributed by atoms with Gasteiger partial charge in [-0.25, -0.2) is 4.98 Å². The molecular formula is C26H24N4O3S. The van der Waals surface area contributed by atoms with E-state index in [1.165, 1.54) is 11.3 Å². The predicted octanol–water partition coefficient (Wildman–Crippen LogP) is 3.78. The molecule has 3 N–H and O–H groups in total. The summed E-state index contributed by atoms with van der Waals surface area (Å²) in [5.74, 6) is -1.26. The van der Waals surface area contributed by atoms with Gasteiger partial charge in [-0.15, -0.1) is 11.3 Å². The van der Waals surface area contributed by atoms with E-state index in [9.17, 15) is 14.4 Å². The third-order valence-electron chi connectivity index (χ3n) is 5.32. The summed E-state index contributed by atoms with van der Waals surface area (Å²) in [6, 6.07) is 22.4. The summed E-state index contributed by atoms with van der Waals surface area (Å²) in [5, 5.41) is 5.46. The van der Waals surface area contributed by atoms with E-state index in [2.05, 4.69) is 21.2 Å². The van der Waals surface area contributed by atoms with E-state index >= 15 is 0 Å². The topological polar surface area (TPSA) is 100 Å². The monoisotopic (exact) mass is 472 g/mol. The highest BCUT2D eigenvalue weighted by atomic mass is 32.1. The number of hydrogen-bond acceptors (Lipinski definition) is 5. The van der Waals surface area contributed by atoms with Crippen LogP contribution in [0.5, 0.6) is 0 Å². The van der Waals surface area contributed by atoms with Gasteiger partial charge in [0.2, 0.25) is 5.91 Å². The van der Waals surface area contributed by atoms with Gasteiger partial charge in [0, 0.05) is 5.56 Å². The number of carbonyl (C=O) groups is 3. The molecule has 0 radical (unpaired) electrons. The van der Waals surface area contributed by atoms with Crippen molar-refractivity contribution < 1.29 is 14.4 Å². The van der Waals surface area contributed by atoms with E-state index < -0.39 is 17.9 Å². The van der Waals surface area contributed by atoms with Crippen LogP contribution < -0.4 is 16.2 Å². The van der Waals surface area contributed by atoms with E-state index in [1.54, 1.807) is 13.8 Å². The maximum Gasteiger partial charge on any atom is 0.281 e. The van der Waals surface area contributed by atoms with Crippen LogP contribution >= 0.6 is 11.3 Å². The summed E-state index contributed by atoms with van der Waals surface area (Å²) in [7, 11) is 0. The van der Waals surface area contributed by atoms with Crippen LogP contribution in [0.2, 0.25) is 0 Å². The summed E-state index contributed by atoms with van der Waals surface area (Å²) >= 11 is 1.25. The number of aromatic nitrogens is 1. The highest BCUT2D eigenvalue weighted by Gasteiger charge is 2.20. The second-order valence-electron chi connectivity index (χ2n) is 7.85. The molecule has 0 bridgehead atoms. The number of thiazole rings is 1. The quantitative estimate of drug-likeness (QED) is 0.372. The lowest BCUT2D eigenvalue weighted by Gasteiger charge is -2.15. The first-order valence-electron chi connectivity index (χ1n) is 10.8. The summed E-state index contributed by atoms with van der Waals surface area (Å²) in [4.78, 5) is 42.4. The fourth-order valence-electron chi connectivity index (χ4n) is 3.57. The van der Waals surface area contributed by atoms with Gasteiger partial charge in [-0.1, -0.05) is 72.8 Å². The zero-order valence-corrected chi connectivity index (χ0v) is 19.6. The minimum absolute atomic E-state index is 0.146. The van der Waals surface area contributed by atoms with E-state index in [0.717, 1.165) is 26.9 Å². The molecule has 0 saturated carbocycles. The van der Waals surface area contributed by atoms with Crippen LogP contribution in [-0.4, -0.2) is 28.7 Å². The molecule has 172 valence electrons. The SMILES string of the molecule is Cc1nc(-c2ccccc2)sc1C(=O)NNC(=O)[C@@H](C)NC(=O)Cc1cccc2ccccc12. The number of fused-ring (bicyclic) bond motifs is 1. The van der Waals surface area contributed by atoms with Gasteiger partial charge >= 0.3 is 0 Å².